The number of rotatable bonds is 4. The van der Waals surface area contributed by atoms with E-state index in [2.05, 4.69) is 15.9 Å². The van der Waals surface area contributed by atoms with Gasteiger partial charge in [-0.05, 0) is 59.7 Å². The van der Waals surface area contributed by atoms with E-state index in [0.29, 0.717) is 12.0 Å². The van der Waals surface area contributed by atoms with Gasteiger partial charge in [-0.2, -0.15) is 5.10 Å². The maximum atomic E-state index is 13.2. The Morgan fingerprint density at radius 3 is 2.32 bits per heavy atom. The predicted octanol–water partition coefficient (Wildman–Crippen LogP) is 5.45. The predicted molar refractivity (Wildman–Crippen MR) is 114 cm³/mol. The van der Waals surface area contributed by atoms with Gasteiger partial charge in [0.1, 0.15) is 5.75 Å². The van der Waals surface area contributed by atoms with Crippen LogP contribution in [0.25, 0.3) is 0 Å². The van der Waals surface area contributed by atoms with Gasteiger partial charge in [0.05, 0.1) is 18.9 Å². The van der Waals surface area contributed by atoms with Crippen LogP contribution in [-0.2, 0) is 0 Å². The summed E-state index contributed by atoms with van der Waals surface area (Å²) in [7, 11) is 1.64. The van der Waals surface area contributed by atoms with E-state index in [4.69, 9.17) is 9.84 Å². The lowest BCUT2D eigenvalue weighted by Gasteiger charge is -2.22. The molecule has 0 aromatic heterocycles. The van der Waals surface area contributed by atoms with Gasteiger partial charge >= 0.3 is 0 Å². The molecule has 0 aliphatic carbocycles. The van der Waals surface area contributed by atoms with Crippen molar-refractivity contribution in [3.8, 4) is 5.75 Å². The first-order chi connectivity index (χ1) is 13.7. The highest BCUT2D eigenvalue weighted by atomic mass is 79.9. The molecule has 0 saturated heterocycles. The van der Waals surface area contributed by atoms with E-state index in [1.807, 2.05) is 78.9 Å². The number of halogens is 1. The Morgan fingerprint density at radius 2 is 1.68 bits per heavy atom. The average Bonchev–Trinajstić information content (AvgIpc) is 3.20. The second kappa shape index (κ2) is 7.98. The number of amides is 1. The summed E-state index contributed by atoms with van der Waals surface area (Å²) in [4.78, 5) is 13.2. The molecular weight excluding hydrogens is 416 g/mol. The summed E-state index contributed by atoms with van der Waals surface area (Å²) in [5.41, 5.74) is 3.57. The summed E-state index contributed by atoms with van der Waals surface area (Å²) in [6, 6.07) is 25.1. The number of benzene rings is 3. The lowest BCUT2D eigenvalue weighted by Crippen LogP contribution is -2.27. The van der Waals surface area contributed by atoms with Crippen LogP contribution in [0.1, 0.15) is 33.9 Å². The summed E-state index contributed by atoms with van der Waals surface area (Å²) in [6.07, 6.45) is 0.665. The van der Waals surface area contributed by atoms with Crippen LogP contribution in [-0.4, -0.2) is 23.7 Å². The molecule has 4 rings (SSSR count). The minimum absolute atomic E-state index is 0.107. The van der Waals surface area contributed by atoms with Crippen molar-refractivity contribution in [2.24, 2.45) is 5.10 Å². The van der Waals surface area contributed by atoms with Crippen molar-refractivity contribution < 1.29 is 9.53 Å². The number of ether oxygens (including phenoxy) is 1. The first kappa shape index (κ1) is 18.4. The molecule has 1 amide bonds. The highest BCUT2D eigenvalue weighted by Crippen LogP contribution is 2.34. The minimum atomic E-state index is -0.130. The number of hydrogen-bond acceptors (Lipinski definition) is 3. The molecule has 140 valence electrons. The van der Waals surface area contributed by atoms with Crippen LogP contribution in [0, 0.1) is 0 Å². The topological polar surface area (TPSA) is 41.9 Å². The zero-order valence-electron chi connectivity index (χ0n) is 15.4. The molecule has 0 unspecified atom stereocenters. The molecule has 28 heavy (non-hydrogen) atoms. The lowest BCUT2D eigenvalue weighted by atomic mass is 9.98. The molecule has 0 saturated carbocycles. The molecule has 1 heterocycles. The standard InChI is InChI=1S/C23H19BrN2O2/c1-28-20-13-9-16(10-14-20)21-15-22(17-5-3-2-4-6-17)26(25-21)23(27)18-7-11-19(24)12-8-18/h2-14,22H,15H2,1H3/t22-/m1/s1. The van der Waals surface area contributed by atoms with Gasteiger partial charge in [0.15, 0.2) is 0 Å². The Labute approximate surface area is 172 Å². The zero-order chi connectivity index (χ0) is 19.5. The van der Waals surface area contributed by atoms with E-state index < -0.39 is 0 Å². The summed E-state index contributed by atoms with van der Waals surface area (Å²) >= 11 is 3.42. The Kier molecular flexibility index (Phi) is 5.26. The van der Waals surface area contributed by atoms with Crippen LogP contribution in [0.5, 0.6) is 5.75 Å². The van der Waals surface area contributed by atoms with E-state index in [0.717, 1.165) is 27.1 Å². The molecule has 1 aliphatic heterocycles. The number of methoxy groups -OCH3 is 1. The van der Waals surface area contributed by atoms with Crippen molar-refractivity contribution in [2.45, 2.75) is 12.5 Å². The fraction of sp³-hybridized carbons (Fsp3) is 0.130. The van der Waals surface area contributed by atoms with E-state index in [-0.39, 0.29) is 11.9 Å². The van der Waals surface area contributed by atoms with Crippen molar-refractivity contribution in [1.29, 1.82) is 0 Å². The van der Waals surface area contributed by atoms with Gasteiger partial charge in [-0.15, -0.1) is 0 Å². The molecule has 1 aliphatic rings. The number of carbonyl (C=O) groups is 1. The van der Waals surface area contributed by atoms with Gasteiger partial charge in [-0.25, -0.2) is 5.01 Å². The van der Waals surface area contributed by atoms with Crippen LogP contribution in [0.15, 0.2) is 88.4 Å². The minimum Gasteiger partial charge on any atom is -0.497 e. The van der Waals surface area contributed by atoms with Crippen molar-refractivity contribution >= 4 is 27.5 Å². The average molecular weight is 435 g/mol. The summed E-state index contributed by atoms with van der Waals surface area (Å²) in [5, 5.41) is 6.33. The van der Waals surface area contributed by atoms with Gasteiger partial charge < -0.3 is 4.74 Å². The molecule has 0 fully saturated rings. The number of carbonyl (C=O) groups excluding carboxylic acids is 1. The number of hydrogen-bond donors (Lipinski definition) is 0. The van der Waals surface area contributed by atoms with Gasteiger partial charge in [0.2, 0.25) is 0 Å². The monoisotopic (exact) mass is 434 g/mol. The lowest BCUT2D eigenvalue weighted by molar-refractivity contribution is 0.0711. The van der Waals surface area contributed by atoms with Crippen molar-refractivity contribution in [1.82, 2.24) is 5.01 Å². The van der Waals surface area contributed by atoms with E-state index in [1.165, 1.54) is 0 Å². The highest BCUT2D eigenvalue weighted by Gasteiger charge is 2.33. The molecular formula is C23H19BrN2O2. The number of hydrazone groups is 1. The van der Waals surface area contributed by atoms with E-state index in [9.17, 15) is 4.79 Å². The highest BCUT2D eigenvalue weighted by molar-refractivity contribution is 9.10. The maximum Gasteiger partial charge on any atom is 0.274 e. The van der Waals surface area contributed by atoms with Crippen molar-refractivity contribution in [2.75, 3.05) is 7.11 Å². The molecule has 4 nitrogen and oxygen atoms in total. The van der Waals surface area contributed by atoms with Gasteiger partial charge in [-0.3, -0.25) is 4.79 Å². The third-order valence-corrected chi connectivity index (χ3v) is 5.35. The second-order valence-electron chi connectivity index (χ2n) is 6.56. The fourth-order valence-corrected chi connectivity index (χ4v) is 3.58. The maximum absolute atomic E-state index is 13.2. The largest absolute Gasteiger partial charge is 0.497 e. The fourth-order valence-electron chi connectivity index (χ4n) is 3.32. The Bertz CT molecular complexity index is 999. The van der Waals surface area contributed by atoms with Crippen LogP contribution in [0.2, 0.25) is 0 Å². The van der Waals surface area contributed by atoms with Crippen LogP contribution in [0.4, 0.5) is 0 Å². The third kappa shape index (κ3) is 3.71. The van der Waals surface area contributed by atoms with Gasteiger partial charge in [0, 0.05) is 16.5 Å². The SMILES string of the molecule is COc1ccc(C2=NN(C(=O)c3ccc(Br)cc3)[C@@H](c3ccccc3)C2)cc1. The van der Waals surface area contributed by atoms with E-state index >= 15 is 0 Å². The van der Waals surface area contributed by atoms with Gasteiger partial charge in [-0.1, -0.05) is 46.3 Å². The third-order valence-electron chi connectivity index (χ3n) is 4.82. The van der Waals surface area contributed by atoms with Crippen molar-refractivity contribution in [3.63, 3.8) is 0 Å². The first-order valence-electron chi connectivity index (χ1n) is 9.01. The molecule has 0 bridgehead atoms. The van der Waals surface area contributed by atoms with Crippen molar-refractivity contribution in [3.05, 3.63) is 100 Å². The zero-order valence-corrected chi connectivity index (χ0v) is 17.0. The summed E-state index contributed by atoms with van der Waals surface area (Å²) in [6.45, 7) is 0. The van der Waals surface area contributed by atoms with Crippen LogP contribution in [0.3, 0.4) is 0 Å². The summed E-state index contributed by atoms with van der Waals surface area (Å²) in [5.74, 6) is 0.689. The first-order valence-corrected chi connectivity index (χ1v) is 9.81. The normalized spacial score (nSPS) is 16.0. The quantitative estimate of drug-likeness (QED) is 0.547. The van der Waals surface area contributed by atoms with Crippen LogP contribution < -0.4 is 4.74 Å². The molecule has 5 heteroatoms. The smallest absolute Gasteiger partial charge is 0.274 e. The Morgan fingerprint density at radius 1 is 1.00 bits per heavy atom. The Hall–Kier alpha value is -2.92. The molecule has 0 radical (unpaired) electrons. The second-order valence-corrected chi connectivity index (χ2v) is 7.48. The summed E-state index contributed by atoms with van der Waals surface area (Å²) < 4.78 is 6.18. The molecule has 0 spiro atoms. The van der Waals surface area contributed by atoms with Gasteiger partial charge in [0.25, 0.3) is 5.91 Å². The molecule has 0 N–H and O–H groups in total. The molecule has 3 aromatic rings. The van der Waals surface area contributed by atoms with Crippen LogP contribution >= 0.6 is 15.9 Å². The van der Waals surface area contributed by atoms with E-state index in [1.54, 1.807) is 12.1 Å². The Balaban J connectivity index is 1.70. The molecule has 3 aromatic carbocycles. The molecule has 1 atom stereocenters. The number of nitrogens with zero attached hydrogens (tertiary/aromatic N) is 2.